The molecule has 5 heteroatoms. The van der Waals surface area contributed by atoms with Crippen molar-refractivity contribution in [3.8, 4) is 0 Å². The maximum absolute atomic E-state index is 11.7. The molecular weight excluding hydrogens is 242 g/mol. The predicted molar refractivity (Wildman–Crippen MR) is 74.8 cm³/mol. The highest BCUT2D eigenvalue weighted by Crippen LogP contribution is 2.31. The van der Waals surface area contributed by atoms with Gasteiger partial charge in [0.15, 0.2) is 0 Å². The number of anilines is 2. The number of nitrogens with two attached hydrogens (primary N) is 1. The van der Waals surface area contributed by atoms with E-state index in [1.54, 1.807) is 6.07 Å². The molecule has 19 heavy (non-hydrogen) atoms. The fourth-order valence-electron chi connectivity index (χ4n) is 1.82. The van der Waals surface area contributed by atoms with E-state index in [4.69, 9.17) is 5.73 Å². The van der Waals surface area contributed by atoms with Gasteiger partial charge in [0.25, 0.3) is 0 Å². The van der Waals surface area contributed by atoms with Crippen LogP contribution in [0.1, 0.15) is 24.8 Å². The first kappa shape index (κ1) is 13.5. The van der Waals surface area contributed by atoms with Gasteiger partial charge >= 0.3 is 0 Å². The first-order valence-electron chi connectivity index (χ1n) is 6.51. The monoisotopic (exact) mass is 261 g/mol. The standard InChI is InChI=1S/C14H19N3O2/c1-9-8-11(16-13(18)6-7-15)4-5-12(9)17-14(19)10-2-3-10/h4-5,8,10H,2-3,6-7,15H2,1H3,(H,16,18)(H,17,19). The van der Waals surface area contributed by atoms with Gasteiger partial charge in [-0.25, -0.2) is 0 Å². The van der Waals surface area contributed by atoms with Gasteiger partial charge in [0.1, 0.15) is 0 Å². The summed E-state index contributed by atoms with van der Waals surface area (Å²) in [6.07, 6.45) is 2.27. The molecule has 1 saturated carbocycles. The Kier molecular flexibility index (Phi) is 4.16. The van der Waals surface area contributed by atoms with Crippen LogP contribution in [0.25, 0.3) is 0 Å². The lowest BCUT2D eigenvalue weighted by Crippen LogP contribution is -2.17. The average Bonchev–Trinajstić information content (AvgIpc) is 3.16. The van der Waals surface area contributed by atoms with E-state index in [1.165, 1.54) is 0 Å². The largest absolute Gasteiger partial charge is 0.330 e. The summed E-state index contributed by atoms with van der Waals surface area (Å²) in [7, 11) is 0. The molecule has 0 bridgehead atoms. The minimum absolute atomic E-state index is 0.0861. The quantitative estimate of drug-likeness (QED) is 0.753. The molecule has 0 atom stereocenters. The maximum atomic E-state index is 11.7. The number of nitrogens with one attached hydrogen (secondary N) is 2. The van der Waals surface area contributed by atoms with Gasteiger partial charge in [0, 0.05) is 30.3 Å². The van der Waals surface area contributed by atoms with Crippen LogP contribution in [0.15, 0.2) is 18.2 Å². The summed E-state index contributed by atoms with van der Waals surface area (Å²) in [5, 5.41) is 5.67. The first-order valence-corrected chi connectivity index (χ1v) is 6.51. The van der Waals surface area contributed by atoms with E-state index in [0.717, 1.165) is 29.8 Å². The van der Waals surface area contributed by atoms with E-state index in [9.17, 15) is 9.59 Å². The third-order valence-electron chi connectivity index (χ3n) is 3.09. The number of amides is 2. The summed E-state index contributed by atoms with van der Waals surface area (Å²) < 4.78 is 0. The lowest BCUT2D eigenvalue weighted by molar-refractivity contribution is -0.117. The van der Waals surface area contributed by atoms with E-state index >= 15 is 0 Å². The Morgan fingerprint density at radius 3 is 2.63 bits per heavy atom. The number of carbonyl (C=O) groups is 2. The van der Waals surface area contributed by atoms with E-state index in [2.05, 4.69) is 10.6 Å². The van der Waals surface area contributed by atoms with Crippen molar-refractivity contribution >= 4 is 23.2 Å². The molecule has 0 aliphatic heterocycles. The zero-order valence-electron chi connectivity index (χ0n) is 11.0. The summed E-state index contributed by atoms with van der Waals surface area (Å²) in [5.74, 6) is 0.169. The molecule has 2 rings (SSSR count). The smallest absolute Gasteiger partial charge is 0.227 e. The van der Waals surface area contributed by atoms with E-state index in [1.807, 2.05) is 19.1 Å². The summed E-state index contributed by atoms with van der Waals surface area (Å²) in [6, 6.07) is 5.44. The number of benzene rings is 1. The van der Waals surface area contributed by atoms with Crippen LogP contribution in [0.3, 0.4) is 0 Å². The lowest BCUT2D eigenvalue weighted by Gasteiger charge is -2.10. The molecule has 1 fully saturated rings. The number of carbonyl (C=O) groups excluding carboxylic acids is 2. The van der Waals surface area contributed by atoms with Crippen molar-refractivity contribution in [3.05, 3.63) is 23.8 Å². The van der Waals surface area contributed by atoms with Gasteiger partial charge in [0.05, 0.1) is 0 Å². The van der Waals surface area contributed by atoms with Crippen molar-refractivity contribution in [1.82, 2.24) is 0 Å². The van der Waals surface area contributed by atoms with Crippen LogP contribution >= 0.6 is 0 Å². The first-order chi connectivity index (χ1) is 9.10. The minimum atomic E-state index is -0.100. The van der Waals surface area contributed by atoms with Crippen molar-refractivity contribution < 1.29 is 9.59 Å². The van der Waals surface area contributed by atoms with E-state index < -0.39 is 0 Å². The van der Waals surface area contributed by atoms with Crippen molar-refractivity contribution in [2.75, 3.05) is 17.2 Å². The van der Waals surface area contributed by atoms with Crippen molar-refractivity contribution in [1.29, 1.82) is 0 Å². The molecule has 0 spiro atoms. The molecule has 1 aliphatic rings. The fraction of sp³-hybridized carbons (Fsp3) is 0.429. The van der Waals surface area contributed by atoms with E-state index in [-0.39, 0.29) is 17.7 Å². The molecule has 1 aromatic carbocycles. The van der Waals surface area contributed by atoms with Gasteiger partial charge in [0.2, 0.25) is 11.8 Å². The van der Waals surface area contributed by atoms with Gasteiger partial charge in [-0.3, -0.25) is 9.59 Å². The summed E-state index contributed by atoms with van der Waals surface area (Å²) in [5.41, 5.74) is 7.77. The third kappa shape index (κ3) is 3.79. The molecule has 0 unspecified atom stereocenters. The Labute approximate surface area is 112 Å². The molecule has 1 aliphatic carbocycles. The molecule has 0 saturated heterocycles. The molecule has 0 radical (unpaired) electrons. The molecule has 0 aromatic heterocycles. The Morgan fingerprint density at radius 2 is 2.05 bits per heavy atom. The van der Waals surface area contributed by atoms with E-state index in [0.29, 0.717) is 13.0 Å². The van der Waals surface area contributed by atoms with Crippen molar-refractivity contribution in [3.63, 3.8) is 0 Å². The van der Waals surface area contributed by atoms with Gasteiger partial charge in [-0.2, -0.15) is 0 Å². The molecule has 5 nitrogen and oxygen atoms in total. The zero-order valence-corrected chi connectivity index (χ0v) is 11.0. The van der Waals surface area contributed by atoms with Crippen LogP contribution in [-0.2, 0) is 9.59 Å². The number of aryl methyl sites for hydroxylation is 1. The predicted octanol–water partition coefficient (Wildman–Crippen LogP) is 1.63. The van der Waals surface area contributed by atoms with Crippen molar-refractivity contribution in [2.24, 2.45) is 11.7 Å². The average molecular weight is 261 g/mol. The van der Waals surface area contributed by atoms with Gasteiger partial charge < -0.3 is 16.4 Å². The Balaban J connectivity index is 1.99. The van der Waals surface area contributed by atoms with Crippen LogP contribution < -0.4 is 16.4 Å². The topological polar surface area (TPSA) is 84.2 Å². The second-order valence-corrected chi connectivity index (χ2v) is 4.88. The molecule has 102 valence electrons. The highest BCUT2D eigenvalue weighted by molar-refractivity contribution is 5.95. The molecule has 0 heterocycles. The fourth-order valence-corrected chi connectivity index (χ4v) is 1.82. The minimum Gasteiger partial charge on any atom is -0.330 e. The number of hydrogen-bond acceptors (Lipinski definition) is 3. The Bertz CT molecular complexity index is 495. The third-order valence-corrected chi connectivity index (χ3v) is 3.09. The highest BCUT2D eigenvalue weighted by atomic mass is 16.2. The number of hydrogen-bond donors (Lipinski definition) is 3. The van der Waals surface area contributed by atoms with Gasteiger partial charge in [-0.1, -0.05) is 0 Å². The summed E-state index contributed by atoms with van der Waals surface area (Å²) in [4.78, 5) is 23.1. The molecule has 2 amide bonds. The van der Waals surface area contributed by atoms with Crippen LogP contribution in [0.2, 0.25) is 0 Å². The molecular formula is C14H19N3O2. The normalized spacial score (nSPS) is 14.0. The SMILES string of the molecule is Cc1cc(NC(=O)CCN)ccc1NC(=O)C1CC1. The van der Waals surface area contributed by atoms with Crippen LogP contribution in [0.5, 0.6) is 0 Å². The summed E-state index contributed by atoms with van der Waals surface area (Å²) >= 11 is 0. The van der Waals surface area contributed by atoms with Crippen LogP contribution in [-0.4, -0.2) is 18.4 Å². The number of rotatable bonds is 5. The summed E-state index contributed by atoms with van der Waals surface area (Å²) in [6.45, 7) is 2.24. The molecule has 1 aromatic rings. The van der Waals surface area contributed by atoms with Gasteiger partial charge in [-0.05, 0) is 43.5 Å². The second kappa shape index (κ2) is 5.84. The molecule has 4 N–H and O–H groups in total. The van der Waals surface area contributed by atoms with Gasteiger partial charge in [-0.15, -0.1) is 0 Å². The van der Waals surface area contributed by atoms with Crippen LogP contribution in [0, 0.1) is 12.8 Å². The van der Waals surface area contributed by atoms with Crippen LogP contribution in [0.4, 0.5) is 11.4 Å². The lowest BCUT2D eigenvalue weighted by atomic mass is 10.1. The zero-order chi connectivity index (χ0) is 13.8. The van der Waals surface area contributed by atoms with Crippen molar-refractivity contribution in [2.45, 2.75) is 26.2 Å². The maximum Gasteiger partial charge on any atom is 0.227 e. The Morgan fingerprint density at radius 1 is 1.32 bits per heavy atom. The Hall–Kier alpha value is -1.88. The second-order valence-electron chi connectivity index (χ2n) is 4.88. The highest BCUT2D eigenvalue weighted by Gasteiger charge is 2.29.